The van der Waals surface area contributed by atoms with E-state index in [0.717, 1.165) is 11.1 Å². The molecule has 0 bridgehead atoms. The fourth-order valence-electron chi connectivity index (χ4n) is 1.92. The minimum atomic E-state index is -0.297. The molecule has 2 aromatic carbocycles. The zero-order valence-corrected chi connectivity index (χ0v) is 10.1. The van der Waals surface area contributed by atoms with Crippen molar-refractivity contribution in [2.45, 2.75) is 0 Å². The van der Waals surface area contributed by atoms with Crippen LogP contribution in [0.2, 0.25) is 0 Å². The van der Waals surface area contributed by atoms with E-state index in [0.29, 0.717) is 11.4 Å². The molecule has 3 nitrogen and oxygen atoms in total. The van der Waals surface area contributed by atoms with Crippen LogP contribution in [-0.4, -0.2) is 9.78 Å². The minimum Gasteiger partial charge on any atom is -0.399 e. The molecule has 0 amide bonds. The fraction of sp³-hybridized carbons (Fsp3) is 0. The van der Waals surface area contributed by atoms with Gasteiger partial charge in [0.25, 0.3) is 0 Å². The van der Waals surface area contributed by atoms with Crippen molar-refractivity contribution in [1.29, 1.82) is 0 Å². The number of para-hydroxylation sites is 1. The smallest absolute Gasteiger partial charge is 0.148 e. The maximum absolute atomic E-state index is 13.7. The molecule has 4 heteroatoms. The molecule has 2 N–H and O–H groups in total. The van der Waals surface area contributed by atoms with Crippen LogP contribution in [0, 0.1) is 5.82 Å². The van der Waals surface area contributed by atoms with Crippen molar-refractivity contribution in [2.24, 2.45) is 0 Å². The first kappa shape index (κ1) is 11.5. The van der Waals surface area contributed by atoms with Gasteiger partial charge in [-0.25, -0.2) is 9.07 Å². The molecule has 0 aliphatic rings. The summed E-state index contributed by atoms with van der Waals surface area (Å²) in [5.41, 5.74) is 8.71. The zero-order chi connectivity index (χ0) is 13.2. The highest BCUT2D eigenvalue weighted by Crippen LogP contribution is 2.21. The first-order chi connectivity index (χ1) is 9.24. The van der Waals surface area contributed by atoms with Gasteiger partial charge in [-0.2, -0.15) is 5.10 Å². The lowest BCUT2D eigenvalue weighted by Gasteiger charge is -2.02. The van der Waals surface area contributed by atoms with Crippen molar-refractivity contribution < 1.29 is 4.39 Å². The third kappa shape index (κ3) is 2.20. The van der Waals surface area contributed by atoms with Gasteiger partial charge in [-0.3, -0.25) is 0 Å². The fourth-order valence-corrected chi connectivity index (χ4v) is 1.92. The van der Waals surface area contributed by atoms with Crippen LogP contribution in [0.1, 0.15) is 0 Å². The normalized spacial score (nSPS) is 10.6. The quantitative estimate of drug-likeness (QED) is 0.712. The first-order valence-electron chi connectivity index (χ1n) is 5.89. The molecule has 0 fully saturated rings. The van der Waals surface area contributed by atoms with Crippen LogP contribution in [-0.2, 0) is 0 Å². The van der Waals surface area contributed by atoms with E-state index in [9.17, 15) is 4.39 Å². The topological polar surface area (TPSA) is 43.8 Å². The number of hydrogen-bond acceptors (Lipinski definition) is 2. The summed E-state index contributed by atoms with van der Waals surface area (Å²) in [6.45, 7) is 0. The van der Waals surface area contributed by atoms with Gasteiger partial charge in [-0.15, -0.1) is 0 Å². The number of benzene rings is 2. The van der Waals surface area contributed by atoms with E-state index in [1.54, 1.807) is 30.6 Å². The molecule has 0 spiro atoms. The van der Waals surface area contributed by atoms with Crippen molar-refractivity contribution in [1.82, 2.24) is 9.78 Å². The molecule has 1 heterocycles. The maximum Gasteiger partial charge on any atom is 0.148 e. The second-order valence-electron chi connectivity index (χ2n) is 4.25. The average Bonchev–Trinajstić information content (AvgIpc) is 2.89. The highest BCUT2D eigenvalue weighted by atomic mass is 19.1. The van der Waals surface area contributed by atoms with Crippen LogP contribution in [0.15, 0.2) is 60.9 Å². The molecule has 3 aromatic rings. The lowest BCUT2D eigenvalue weighted by atomic mass is 10.1. The van der Waals surface area contributed by atoms with Crippen molar-refractivity contribution in [3.05, 3.63) is 66.7 Å². The zero-order valence-electron chi connectivity index (χ0n) is 10.1. The van der Waals surface area contributed by atoms with Crippen LogP contribution >= 0.6 is 0 Å². The Morgan fingerprint density at radius 2 is 1.68 bits per heavy atom. The van der Waals surface area contributed by atoms with Gasteiger partial charge in [-0.05, 0) is 29.8 Å². The number of rotatable bonds is 2. The number of anilines is 1. The number of aromatic nitrogens is 2. The Bertz CT molecular complexity index is 701. The lowest BCUT2D eigenvalue weighted by Crippen LogP contribution is -1.96. The standard InChI is InChI=1S/C15H12FN3/c16-14-3-1-2-4-15(14)19-10-12(9-18-19)11-5-7-13(17)8-6-11/h1-10H,17H2. The van der Waals surface area contributed by atoms with Crippen LogP contribution in [0.25, 0.3) is 16.8 Å². The van der Waals surface area contributed by atoms with Gasteiger partial charge >= 0.3 is 0 Å². The number of halogens is 1. The summed E-state index contributed by atoms with van der Waals surface area (Å²) in [4.78, 5) is 0. The first-order valence-corrected chi connectivity index (χ1v) is 5.89. The summed E-state index contributed by atoms with van der Waals surface area (Å²) in [6, 6.07) is 14.0. The van der Waals surface area contributed by atoms with Gasteiger partial charge in [0.1, 0.15) is 11.5 Å². The summed E-state index contributed by atoms with van der Waals surface area (Å²) >= 11 is 0. The predicted octanol–water partition coefficient (Wildman–Crippen LogP) is 3.26. The van der Waals surface area contributed by atoms with E-state index < -0.39 is 0 Å². The van der Waals surface area contributed by atoms with E-state index in [4.69, 9.17) is 5.73 Å². The second-order valence-corrected chi connectivity index (χ2v) is 4.25. The molecule has 0 aliphatic heterocycles. The molecule has 0 atom stereocenters. The van der Waals surface area contributed by atoms with E-state index in [1.165, 1.54) is 10.7 Å². The van der Waals surface area contributed by atoms with Gasteiger partial charge in [0.2, 0.25) is 0 Å². The molecule has 0 unspecified atom stereocenters. The van der Waals surface area contributed by atoms with Crippen molar-refractivity contribution in [3.63, 3.8) is 0 Å². The third-order valence-corrected chi connectivity index (χ3v) is 2.93. The third-order valence-electron chi connectivity index (χ3n) is 2.93. The summed E-state index contributed by atoms with van der Waals surface area (Å²) in [5.74, 6) is -0.297. The molecular formula is C15H12FN3. The van der Waals surface area contributed by atoms with Gasteiger partial charge in [0.05, 0.1) is 6.20 Å². The highest BCUT2D eigenvalue weighted by molar-refractivity contribution is 5.64. The van der Waals surface area contributed by atoms with E-state index in [2.05, 4.69) is 5.10 Å². The van der Waals surface area contributed by atoms with E-state index >= 15 is 0 Å². The average molecular weight is 253 g/mol. The highest BCUT2D eigenvalue weighted by Gasteiger charge is 2.06. The SMILES string of the molecule is Nc1ccc(-c2cnn(-c3ccccc3F)c2)cc1. The largest absolute Gasteiger partial charge is 0.399 e. The Balaban J connectivity index is 2.00. The Hall–Kier alpha value is -2.62. The van der Waals surface area contributed by atoms with Crippen molar-refractivity contribution in [2.75, 3.05) is 5.73 Å². The Morgan fingerprint density at radius 1 is 0.947 bits per heavy atom. The lowest BCUT2D eigenvalue weighted by molar-refractivity contribution is 0.611. The molecular weight excluding hydrogens is 241 g/mol. The van der Waals surface area contributed by atoms with Gasteiger partial charge in [0, 0.05) is 17.4 Å². The monoisotopic (exact) mass is 253 g/mol. The Labute approximate surface area is 110 Å². The van der Waals surface area contributed by atoms with Crippen molar-refractivity contribution in [3.8, 4) is 16.8 Å². The minimum absolute atomic E-state index is 0.297. The molecule has 0 radical (unpaired) electrons. The molecule has 0 saturated heterocycles. The number of nitrogens with zero attached hydrogens (tertiary/aromatic N) is 2. The van der Waals surface area contributed by atoms with Gasteiger partial charge in [-0.1, -0.05) is 24.3 Å². The van der Waals surface area contributed by atoms with E-state index in [1.807, 2.05) is 24.3 Å². The van der Waals surface area contributed by atoms with Crippen molar-refractivity contribution >= 4 is 5.69 Å². The number of hydrogen-bond donors (Lipinski definition) is 1. The molecule has 0 aliphatic carbocycles. The molecule has 3 rings (SSSR count). The van der Waals surface area contributed by atoms with Crippen LogP contribution in [0.5, 0.6) is 0 Å². The predicted molar refractivity (Wildman–Crippen MR) is 73.4 cm³/mol. The molecule has 1 aromatic heterocycles. The van der Waals surface area contributed by atoms with Crippen LogP contribution in [0.3, 0.4) is 0 Å². The molecule has 19 heavy (non-hydrogen) atoms. The summed E-state index contributed by atoms with van der Waals surface area (Å²) < 4.78 is 15.2. The number of nitrogen functional groups attached to an aromatic ring is 1. The van der Waals surface area contributed by atoms with Crippen LogP contribution < -0.4 is 5.73 Å². The number of nitrogens with two attached hydrogens (primary N) is 1. The van der Waals surface area contributed by atoms with Gasteiger partial charge in [0.15, 0.2) is 0 Å². The second kappa shape index (κ2) is 4.57. The summed E-state index contributed by atoms with van der Waals surface area (Å²) in [5, 5.41) is 4.19. The maximum atomic E-state index is 13.7. The summed E-state index contributed by atoms with van der Waals surface area (Å²) in [7, 11) is 0. The molecule has 94 valence electrons. The Kier molecular flexibility index (Phi) is 2.76. The van der Waals surface area contributed by atoms with E-state index in [-0.39, 0.29) is 5.82 Å². The van der Waals surface area contributed by atoms with Gasteiger partial charge < -0.3 is 5.73 Å². The molecule has 0 saturated carbocycles. The Morgan fingerprint density at radius 3 is 2.42 bits per heavy atom. The van der Waals surface area contributed by atoms with Crippen LogP contribution in [0.4, 0.5) is 10.1 Å². The summed E-state index contributed by atoms with van der Waals surface area (Å²) in [6.07, 6.45) is 3.50.